The van der Waals surface area contributed by atoms with E-state index < -0.39 is 0 Å². The van der Waals surface area contributed by atoms with Crippen molar-refractivity contribution in [2.75, 3.05) is 39.9 Å². The van der Waals surface area contributed by atoms with E-state index in [-0.39, 0.29) is 30.4 Å². The predicted octanol–water partition coefficient (Wildman–Crippen LogP) is 2.08. The Morgan fingerprint density at radius 2 is 1.78 bits per heavy atom. The summed E-state index contributed by atoms with van der Waals surface area (Å²) in [7, 11) is 1.52. The summed E-state index contributed by atoms with van der Waals surface area (Å²) in [6.45, 7) is 3.43. The number of amides is 2. The minimum absolute atomic E-state index is 0.0250. The van der Waals surface area contributed by atoms with E-state index in [1.807, 2.05) is 23.1 Å². The van der Waals surface area contributed by atoms with Gasteiger partial charge in [-0.2, -0.15) is 0 Å². The van der Waals surface area contributed by atoms with Crippen molar-refractivity contribution in [1.29, 1.82) is 0 Å². The molecule has 3 rings (SSSR count). The maximum absolute atomic E-state index is 12.9. The van der Waals surface area contributed by atoms with E-state index in [0.29, 0.717) is 13.2 Å². The van der Waals surface area contributed by atoms with Gasteiger partial charge in [0.1, 0.15) is 6.61 Å². The molecule has 2 amide bonds. The minimum atomic E-state index is -0.0821. The van der Waals surface area contributed by atoms with E-state index in [1.54, 1.807) is 4.90 Å². The highest BCUT2D eigenvalue weighted by molar-refractivity contribution is 5.82. The second-order valence-corrected chi connectivity index (χ2v) is 7.43. The van der Waals surface area contributed by atoms with Crippen LogP contribution in [0.15, 0.2) is 30.3 Å². The lowest BCUT2D eigenvalue weighted by molar-refractivity contribution is -0.144. The Morgan fingerprint density at radius 1 is 1.04 bits per heavy atom. The quantitative estimate of drug-likeness (QED) is 0.765. The van der Waals surface area contributed by atoms with Crippen molar-refractivity contribution >= 4 is 11.8 Å². The van der Waals surface area contributed by atoms with E-state index in [9.17, 15) is 9.59 Å². The average Bonchev–Trinajstić information content (AvgIpc) is 2.73. The van der Waals surface area contributed by atoms with E-state index >= 15 is 0 Å². The minimum Gasteiger partial charge on any atom is -0.375 e. The molecule has 1 atom stereocenters. The van der Waals surface area contributed by atoms with Gasteiger partial charge in [0.05, 0.1) is 18.6 Å². The fourth-order valence-corrected chi connectivity index (χ4v) is 3.91. The topological polar surface area (TPSA) is 59.1 Å². The van der Waals surface area contributed by atoms with Crippen LogP contribution in [0.4, 0.5) is 0 Å². The summed E-state index contributed by atoms with van der Waals surface area (Å²) in [4.78, 5) is 28.6. The molecule has 0 N–H and O–H groups in total. The third-order valence-corrected chi connectivity index (χ3v) is 5.47. The molecule has 6 heteroatoms. The van der Waals surface area contributed by atoms with Crippen molar-refractivity contribution in [3.8, 4) is 0 Å². The molecule has 2 fully saturated rings. The third-order valence-electron chi connectivity index (χ3n) is 5.47. The van der Waals surface area contributed by atoms with E-state index in [1.165, 1.54) is 12.7 Å². The summed E-state index contributed by atoms with van der Waals surface area (Å²) >= 11 is 0. The Bertz CT molecular complexity index is 614. The summed E-state index contributed by atoms with van der Waals surface area (Å²) in [5.41, 5.74) is 1.18. The molecule has 0 saturated carbocycles. The molecule has 2 heterocycles. The van der Waals surface area contributed by atoms with Crippen molar-refractivity contribution in [2.24, 2.45) is 5.92 Å². The molecule has 2 aliphatic heterocycles. The van der Waals surface area contributed by atoms with Crippen LogP contribution in [0.5, 0.6) is 0 Å². The van der Waals surface area contributed by atoms with Gasteiger partial charge in [0.15, 0.2) is 0 Å². The van der Waals surface area contributed by atoms with Crippen LogP contribution in [-0.4, -0.2) is 67.6 Å². The molecule has 0 spiro atoms. The summed E-state index contributed by atoms with van der Waals surface area (Å²) in [5, 5.41) is 0. The zero-order chi connectivity index (χ0) is 19.1. The Hall–Kier alpha value is -1.92. The SMILES string of the molecule is COCC(=O)N1CCC[C@@H](C(=O)N2CCC(OCc3ccccc3)CC2)C1. The molecule has 2 aliphatic rings. The molecule has 0 aromatic heterocycles. The van der Waals surface area contributed by atoms with Crippen LogP contribution in [-0.2, 0) is 25.7 Å². The second-order valence-electron chi connectivity index (χ2n) is 7.43. The van der Waals surface area contributed by atoms with Gasteiger partial charge in [0.2, 0.25) is 11.8 Å². The molecule has 27 heavy (non-hydrogen) atoms. The number of rotatable bonds is 6. The Labute approximate surface area is 161 Å². The molecule has 0 aliphatic carbocycles. The summed E-state index contributed by atoms with van der Waals surface area (Å²) in [6, 6.07) is 10.2. The predicted molar refractivity (Wildman–Crippen MR) is 102 cm³/mol. The maximum atomic E-state index is 12.9. The van der Waals surface area contributed by atoms with E-state index in [4.69, 9.17) is 9.47 Å². The molecule has 1 aromatic rings. The normalized spacial score (nSPS) is 21.3. The zero-order valence-corrected chi connectivity index (χ0v) is 16.1. The number of carbonyl (C=O) groups excluding carboxylic acids is 2. The Balaban J connectivity index is 1.43. The van der Waals surface area contributed by atoms with Gasteiger partial charge in [-0.1, -0.05) is 30.3 Å². The van der Waals surface area contributed by atoms with Crippen LogP contribution >= 0.6 is 0 Å². The molecule has 0 unspecified atom stereocenters. The van der Waals surface area contributed by atoms with Gasteiger partial charge in [0.25, 0.3) is 0 Å². The molecule has 148 valence electrons. The van der Waals surface area contributed by atoms with Crippen LogP contribution in [0.1, 0.15) is 31.2 Å². The average molecular weight is 374 g/mol. The van der Waals surface area contributed by atoms with E-state index in [0.717, 1.165) is 45.3 Å². The molecule has 0 radical (unpaired) electrons. The first-order valence-electron chi connectivity index (χ1n) is 9.88. The number of piperidine rings is 2. The van der Waals surface area contributed by atoms with Crippen LogP contribution in [0.25, 0.3) is 0 Å². The molecular formula is C21H30N2O4. The van der Waals surface area contributed by atoms with E-state index in [2.05, 4.69) is 12.1 Å². The fraction of sp³-hybridized carbons (Fsp3) is 0.619. The summed E-state index contributed by atoms with van der Waals surface area (Å²) in [6.07, 6.45) is 3.69. The molecular weight excluding hydrogens is 344 g/mol. The van der Waals surface area contributed by atoms with Crippen molar-refractivity contribution in [2.45, 2.75) is 38.4 Å². The second kappa shape index (κ2) is 9.85. The number of hydrogen-bond donors (Lipinski definition) is 0. The number of hydrogen-bond acceptors (Lipinski definition) is 4. The molecule has 1 aromatic carbocycles. The first kappa shape index (κ1) is 19.8. The van der Waals surface area contributed by atoms with Crippen LogP contribution in [0.2, 0.25) is 0 Å². The monoisotopic (exact) mass is 374 g/mol. The van der Waals surface area contributed by atoms with Crippen molar-refractivity contribution in [3.63, 3.8) is 0 Å². The van der Waals surface area contributed by atoms with Crippen molar-refractivity contribution in [3.05, 3.63) is 35.9 Å². The lowest BCUT2D eigenvalue weighted by Gasteiger charge is -2.37. The highest BCUT2D eigenvalue weighted by Gasteiger charge is 2.32. The maximum Gasteiger partial charge on any atom is 0.248 e. The van der Waals surface area contributed by atoms with Gasteiger partial charge >= 0.3 is 0 Å². The standard InChI is InChI=1S/C21H30N2O4/c1-26-16-20(24)23-11-5-8-18(14-23)21(25)22-12-9-19(10-13-22)27-15-17-6-3-2-4-7-17/h2-4,6-7,18-19H,5,8-16H2,1H3/t18-/m1/s1. The van der Waals surface area contributed by atoms with Gasteiger partial charge < -0.3 is 19.3 Å². The fourth-order valence-electron chi connectivity index (χ4n) is 3.91. The largest absolute Gasteiger partial charge is 0.375 e. The Morgan fingerprint density at radius 3 is 2.48 bits per heavy atom. The first-order valence-corrected chi connectivity index (χ1v) is 9.88. The number of nitrogens with zero attached hydrogens (tertiary/aromatic N) is 2. The zero-order valence-electron chi connectivity index (χ0n) is 16.1. The lowest BCUT2D eigenvalue weighted by Crippen LogP contribution is -2.49. The number of ether oxygens (including phenoxy) is 2. The van der Waals surface area contributed by atoms with Crippen LogP contribution in [0.3, 0.4) is 0 Å². The Kier molecular flexibility index (Phi) is 7.24. The number of methoxy groups -OCH3 is 1. The lowest BCUT2D eigenvalue weighted by atomic mass is 9.95. The van der Waals surface area contributed by atoms with Gasteiger partial charge in [-0.15, -0.1) is 0 Å². The summed E-state index contributed by atoms with van der Waals surface area (Å²) in [5.74, 6) is 0.0794. The van der Waals surface area contributed by atoms with Crippen LogP contribution < -0.4 is 0 Å². The number of benzene rings is 1. The smallest absolute Gasteiger partial charge is 0.248 e. The van der Waals surface area contributed by atoms with Gasteiger partial charge in [0, 0.05) is 33.3 Å². The van der Waals surface area contributed by atoms with Gasteiger partial charge in [-0.3, -0.25) is 9.59 Å². The van der Waals surface area contributed by atoms with Gasteiger partial charge in [-0.25, -0.2) is 0 Å². The molecule has 0 bridgehead atoms. The highest BCUT2D eigenvalue weighted by atomic mass is 16.5. The van der Waals surface area contributed by atoms with Crippen LogP contribution in [0, 0.1) is 5.92 Å². The van der Waals surface area contributed by atoms with Crippen molar-refractivity contribution in [1.82, 2.24) is 9.80 Å². The molecule has 2 saturated heterocycles. The number of likely N-dealkylation sites (tertiary alicyclic amines) is 2. The first-order chi connectivity index (χ1) is 13.2. The summed E-state index contributed by atoms with van der Waals surface area (Å²) < 4.78 is 10.9. The third kappa shape index (κ3) is 5.53. The number of carbonyl (C=O) groups is 2. The molecule has 6 nitrogen and oxygen atoms in total. The highest BCUT2D eigenvalue weighted by Crippen LogP contribution is 2.22. The van der Waals surface area contributed by atoms with Crippen molar-refractivity contribution < 1.29 is 19.1 Å². The van der Waals surface area contributed by atoms with Gasteiger partial charge in [-0.05, 0) is 31.2 Å².